The molecule has 2 nitrogen and oxygen atoms in total. The number of aryl methyl sites for hydroxylation is 2. The summed E-state index contributed by atoms with van der Waals surface area (Å²) in [6.45, 7) is 3.11. The molecule has 1 aliphatic rings. The molecule has 0 aliphatic heterocycles. The van der Waals surface area contributed by atoms with Crippen LogP contribution in [-0.4, -0.2) is 4.98 Å². The second kappa shape index (κ2) is 4.59. The Kier molecular flexibility index (Phi) is 2.95. The maximum Gasteiger partial charge on any atom is 0.0605 e. The zero-order valence-electron chi connectivity index (χ0n) is 9.94. The van der Waals surface area contributed by atoms with Crippen molar-refractivity contribution < 1.29 is 0 Å². The van der Waals surface area contributed by atoms with Crippen LogP contribution in [0.1, 0.15) is 33.5 Å². The van der Waals surface area contributed by atoms with Crippen molar-refractivity contribution >= 4 is 11.3 Å². The molecular weight excluding hydrogens is 228 g/mol. The molecule has 0 saturated heterocycles. The van der Waals surface area contributed by atoms with E-state index in [1.165, 1.54) is 27.4 Å². The SMILES string of the molecule is Cc1ccc(CNC2CCc3cccnc32)s1. The Morgan fingerprint density at radius 1 is 1.41 bits per heavy atom. The number of fused-ring (bicyclic) bond motifs is 1. The normalized spacial score (nSPS) is 18.3. The molecule has 88 valence electrons. The topological polar surface area (TPSA) is 24.9 Å². The Labute approximate surface area is 106 Å². The van der Waals surface area contributed by atoms with E-state index < -0.39 is 0 Å². The van der Waals surface area contributed by atoms with Crippen LogP contribution >= 0.6 is 11.3 Å². The van der Waals surface area contributed by atoms with Crippen LogP contribution in [0.3, 0.4) is 0 Å². The van der Waals surface area contributed by atoms with E-state index in [0.717, 1.165) is 13.0 Å². The third-order valence-corrected chi connectivity index (χ3v) is 4.28. The van der Waals surface area contributed by atoms with Gasteiger partial charge in [-0.05, 0) is 43.5 Å². The second-order valence-corrected chi connectivity index (χ2v) is 5.90. The van der Waals surface area contributed by atoms with Gasteiger partial charge < -0.3 is 5.32 Å². The van der Waals surface area contributed by atoms with Crippen molar-refractivity contribution in [3.8, 4) is 0 Å². The molecule has 0 aromatic carbocycles. The van der Waals surface area contributed by atoms with Gasteiger partial charge in [0.05, 0.1) is 11.7 Å². The monoisotopic (exact) mass is 244 g/mol. The van der Waals surface area contributed by atoms with Crippen molar-refractivity contribution in [3.63, 3.8) is 0 Å². The quantitative estimate of drug-likeness (QED) is 0.896. The van der Waals surface area contributed by atoms with Gasteiger partial charge in [-0.25, -0.2) is 0 Å². The summed E-state index contributed by atoms with van der Waals surface area (Å²) in [5.74, 6) is 0. The van der Waals surface area contributed by atoms with Gasteiger partial charge >= 0.3 is 0 Å². The highest BCUT2D eigenvalue weighted by atomic mass is 32.1. The molecule has 0 bridgehead atoms. The average Bonchev–Trinajstić information content (AvgIpc) is 2.93. The molecule has 0 spiro atoms. The van der Waals surface area contributed by atoms with Crippen molar-refractivity contribution in [1.82, 2.24) is 10.3 Å². The molecule has 0 radical (unpaired) electrons. The number of nitrogens with one attached hydrogen (secondary N) is 1. The van der Waals surface area contributed by atoms with Crippen molar-refractivity contribution in [1.29, 1.82) is 0 Å². The largest absolute Gasteiger partial charge is 0.304 e. The van der Waals surface area contributed by atoms with Crippen molar-refractivity contribution in [2.24, 2.45) is 0 Å². The van der Waals surface area contributed by atoms with Crippen LogP contribution in [0.4, 0.5) is 0 Å². The summed E-state index contributed by atoms with van der Waals surface area (Å²) >= 11 is 1.87. The highest BCUT2D eigenvalue weighted by molar-refractivity contribution is 7.11. The van der Waals surface area contributed by atoms with Crippen LogP contribution in [0.15, 0.2) is 30.5 Å². The molecule has 1 atom stereocenters. The van der Waals surface area contributed by atoms with E-state index in [1.807, 2.05) is 23.6 Å². The highest BCUT2D eigenvalue weighted by Gasteiger charge is 2.22. The molecule has 1 aliphatic carbocycles. The van der Waals surface area contributed by atoms with Gasteiger partial charge in [-0.3, -0.25) is 4.98 Å². The zero-order valence-corrected chi connectivity index (χ0v) is 10.8. The summed E-state index contributed by atoms with van der Waals surface area (Å²) in [6.07, 6.45) is 4.23. The van der Waals surface area contributed by atoms with Gasteiger partial charge in [0.25, 0.3) is 0 Å². The van der Waals surface area contributed by atoms with Gasteiger partial charge in [0.15, 0.2) is 0 Å². The molecular formula is C14H16N2S. The third-order valence-electron chi connectivity index (χ3n) is 3.28. The molecule has 2 heterocycles. The Bertz CT molecular complexity index is 518. The second-order valence-electron chi connectivity index (χ2n) is 4.53. The molecule has 1 N–H and O–H groups in total. The molecule has 2 aromatic heterocycles. The Morgan fingerprint density at radius 3 is 3.18 bits per heavy atom. The van der Waals surface area contributed by atoms with Gasteiger partial charge in [0.1, 0.15) is 0 Å². The number of pyridine rings is 1. The van der Waals surface area contributed by atoms with E-state index in [9.17, 15) is 0 Å². The Hall–Kier alpha value is -1.19. The summed E-state index contributed by atoms with van der Waals surface area (Å²) in [5, 5.41) is 3.62. The van der Waals surface area contributed by atoms with Crippen LogP contribution in [0, 0.1) is 6.92 Å². The number of hydrogen-bond donors (Lipinski definition) is 1. The fourth-order valence-corrected chi connectivity index (χ4v) is 3.26. The maximum atomic E-state index is 4.50. The Morgan fingerprint density at radius 2 is 2.35 bits per heavy atom. The van der Waals surface area contributed by atoms with E-state index in [1.54, 1.807) is 0 Å². The fourth-order valence-electron chi connectivity index (χ4n) is 2.42. The van der Waals surface area contributed by atoms with E-state index in [-0.39, 0.29) is 0 Å². The minimum Gasteiger partial charge on any atom is -0.304 e. The first-order chi connectivity index (χ1) is 8.33. The average molecular weight is 244 g/mol. The highest BCUT2D eigenvalue weighted by Crippen LogP contribution is 2.29. The standard InChI is InChI=1S/C14H16N2S/c1-10-4-6-12(17-10)9-16-13-7-5-11-3-2-8-15-14(11)13/h2-4,6,8,13,16H,5,7,9H2,1H3. The first-order valence-corrected chi connectivity index (χ1v) is 6.87. The minimum absolute atomic E-state index is 0.439. The van der Waals surface area contributed by atoms with Gasteiger partial charge in [-0.2, -0.15) is 0 Å². The van der Waals surface area contributed by atoms with Gasteiger partial charge in [-0.15, -0.1) is 11.3 Å². The van der Waals surface area contributed by atoms with Crippen LogP contribution in [0.25, 0.3) is 0 Å². The van der Waals surface area contributed by atoms with Gasteiger partial charge in [0, 0.05) is 22.5 Å². The number of hydrogen-bond acceptors (Lipinski definition) is 3. The van der Waals surface area contributed by atoms with E-state index >= 15 is 0 Å². The van der Waals surface area contributed by atoms with E-state index in [0.29, 0.717) is 6.04 Å². The molecule has 0 amide bonds. The molecule has 1 unspecified atom stereocenters. The predicted octanol–water partition coefficient (Wildman–Crippen LogP) is 3.23. The number of aromatic nitrogens is 1. The zero-order chi connectivity index (χ0) is 11.7. The van der Waals surface area contributed by atoms with Crippen molar-refractivity contribution in [2.45, 2.75) is 32.4 Å². The lowest BCUT2D eigenvalue weighted by Gasteiger charge is -2.11. The van der Waals surface area contributed by atoms with Crippen molar-refractivity contribution in [2.75, 3.05) is 0 Å². The van der Waals surface area contributed by atoms with Crippen molar-refractivity contribution in [3.05, 3.63) is 51.5 Å². The summed E-state index contributed by atoms with van der Waals surface area (Å²) in [6, 6.07) is 9.06. The number of thiophene rings is 1. The van der Waals surface area contributed by atoms with Crippen LogP contribution < -0.4 is 5.32 Å². The Balaban J connectivity index is 1.68. The fraction of sp³-hybridized carbons (Fsp3) is 0.357. The summed E-state index contributed by atoms with van der Waals surface area (Å²) in [5.41, 5.74) is 2.66. The maximum absolute atomic E-state index is 4.50. The molecule has 17 heavy (non-hydrogen) atoms. The summed E-state index contributed by atoms with van der Waals surface area (Å²) in [4.78, 5) is 7.29. The lowest BCUT2D eigenvalue weighted by Crippen LogP contribution is -2.18. The van der Waals surface area contributed by atoms with E-state index in [4.69, 9.17) is 0 Å². The molecule has 2 aromatic rings. The van der Waals surface area contributed by atoms with Crippen LogP contribution in [0.2, 0.25) is 0 Å². The number of rotatable bonds is 3. The lowest BCUT2D eigenvalue weighted by molar-refractivity contribution is 0.524. The summed E-state index contributed by atoms with van der Waals surface area (Å²) in [7, 11) is 0. The number of nitrogens with zero attached hydrogens (tertiary/aromatic N) is 1. The first kappa shape index (κ1) is 10.9. The molecule has 0 fully saturated rings. The minimum atomic E-state index is 0.439. The van der Waals surface area contributed by atoms with Crippen LogP contribution in [-0.2, 0) is 13.0 Å². The van der Waals surface area contributed by atoms with Gasteiger partial charge in [0.2, 0.25) is 0 Å². The molecule has 3 rings (SSSR count). The molecule has 3 heteroatoms. The van der Waals surface area contributed by atoms with Gasteiger partial charge in [-0.1, -0.05) is 6.07 Å². The smallest absolute Gasteiger partial charge is 0.0605 e. The lowest BCUT2D eigenvalue weighted by atomic mass is 10.2. The van der Waals surface area contributed by atoms with E-state index in [2.05, 4.69) is 35.4 Å². The first-order valence-electron chi connectivity index (χ1n) is 6.05. The third kappa shape index (κ3) is 2.26. The summed E-state index contributed by atoms with van der Waals surface area (Å²) < 4.78 is 0. The predicted molar refractivity (Wildman–Crippen MR) is 71.2 cm³/mol. The molecule has 0 saturated carbocycles. The van der Waals surface area contributed by atoms with Crippen LogP contribution in [0.5, 0.6) is 0 Å².